The predicted octanol–water partition coefficient (Wildman–Crippen LogP) is 4.28. The molecule has 8 heteroatoms. The van der Waals surface area contributed by atoms with E-state index in [1.165, 1.54) is 11.3 Å². The van der Waals surface area contributed by atoms with Crippen LogP contribution in [0.1, 0.15) is 45.1 Å². The number of piperidine rings is 1. The lowest BCUT2D eigenvalue weighted by atomic mass is 9.85. The van der Waals surface area contributed by atoms with E-state index in [1.807, 2.05) is 31.2 Å². The zero-order valence-electron chi connectivity index (χ0n) is 18.2. The normalized spacial score (nSPS) is 16.7. The highest BCUT2D eigenvalue weighted by Crippen LogP contribution is 2.30. The van der Waals surface area contributed by atoms with Crippen LogP contribution in [-0.2, 0) is 21.4 Å². The van der Waals surface area contributed by atoms with Crippen molar-refractivity contribution in [2.75, 3.05) is 19.7 Å². The van der Waals surface area contributed by atoms with E-state index in [-0.39, 0.29) is 17.7 Å². The van der Waals surface area contributed by atoms with E-state index in [1.54, 1.807) is 21.8 Å². The highest BCUT2D eigenvalue weighted by Gasteiger charge is 2.33. The van der Waals surface area contributed by atoms with E-state index in [4.69, 9.17) is 4.74 Å². The van der Waals surface area contributed by atoms with Crippen molar-refractivity contribution < 1.29 is 17.9 Å². The average molecular weight is 465 g/mol. The summed E-state index contributed by atoms with van der Waals surface area (Å²) in [4.78, 5) is 12.7. The quantitative estimate of drug-likeness (QED) is 0.533. The molecular formula is C23H32N2O4S2. The number of hydrogen-bond donors (Lipinski definition) is 1. The summed E-state index contributed by atoms with van der Waals surface area (Å²) in [5, 5.41) is 4.80. The number of rotatable bonds is 10. The van der Waals surface area contributed by atoms with Crippen molar-refractivity contribution in [1.82, 2.24) is 9.62 Å². The Labute approximate surface area is 189 Å². The first-order valence-corrected chi connectivity index (χ1v) is 13.3. The van der Waals surface area contributed by atoms with Crippen LogP contribution in [0.5, 0.6) is 5.75 Å². The molecule has 1 N–H and O–H groups in total. The Bertz CT molecular complexity index is 919. The lowest BCUT2D eigenvalue weighted by Crippen LogP contribution is -2.42. The first-order valence-electron chi connectivity index (χ1n) is 10.9. The molecule has 2 aromatic rings. The van der Waals surface area contributed by atoms with Crippen molar-refractivity contribution in [2.24, 2.45) is 11.8 Å². The van der Waals surface area contributed by atoms with Crippen LogP contribution < -0.4 is 10.1 Å². The molecule has 1 aliphatic rings. The van der Waals surface area contributed by atoms with Crippen LogP contribution in [0.4, 0.5) is 0 Å². The third-order valence-electron chi connectivity index (χ3n) is 5.87. The van der Waals surface area contributed by atoms with Crippen LogP contribution in [0.3, 0.4) is 0 Å². The molecule has 1 aliphatic heterocycles. The smallest absolute Gasteiger partial charge is 0.252 e. The summed E-state index contributed by atoms with van der Waals surface area (Å²) in [7, 11) is -3.40. The van der Waals surface area contributed by atoms with Gasteiger partial charge in [-0.05, 0) is 54.3 Å². The Morgan fingerprint density at radius 3 is 2.55 bits per heavy atom. The number of hydrogen-bond acceptors (Lipinski definition) is 5. The minimum absolute atomic E-state index is 0.0165. The fourth-order valence-corrected chi connectivity index (χ4v) is 6.37. The van der Waals surface area contributed by atoms with Crippen LogP contribution >= 0.6 is 11.3 Å². The van der Waals surface area contributed by atoms with Gasteiger partial charge >= 0.3 is 0 Å². The van der Waals surface area contributed by atoms with Gasteiger partial charge in [-0.15, -0.1) is 11.3 Å². The van der Waals surface area contributed by atoms with Crippen molar-refractivity contribution in [2.45, 2.75) is 50.3 Å². The molecule has 0 unspecified atom stereocenters. The summed E-state index contributed by atoms with van der Waals surface area (Å²) in [6.45, 7) is 6.19. The van der Waals surface area contributed by atoms with Crippen molar-refractivity contribution in [1.29, 1.82) is 0 Å². The number of carbonyl (C=O) groups excluding carboxylic acids is 1. The summed E-state index contributed by atoms with van der Waals surface area (Å²) in [6, 6.07) is 11.2. The molecule has 0 saturated carbocycles. The van der Waals surface area contributed by atoms with Crippen LogP contribution in [0.15, 0.2) is 46.0 Å². The fraction of sp³-hybridized carbons (Fsp3) is 0.522. The van der Waals surface area contributed by atoms with Gasteiger partial charge < -0.3 is 10.1 Å². The minimum atomic E-state index is -3.40. The van der Waals surface area contributed by atoms with E-state index in [0.717, 1.165) is 30.8 Å². The number of unbranched alkanes of at least 4 members (excludes halogenated alkanes) is 1. The molecule has 3 rings (SSSR count). The minimum Gasteiger partial charge on any atom is -0.494 e. The third kappa shape index (κ3) is 6.30. The van der Waals surface area contributed by atoms with E-state index < -0.39 is 10.0 Å². The van der Waals surface area contributed by atoms with Crippen molar-refractivity contribution in [3.8, 4) is 5.75 Å². The topological polar surface area (TPSA) is 75.7 Å². The van der Waals surface area contributed by atoms with Gasteiger partial charge in [0.05, 0.1) is 6.61 Å². The van der Waals surface area contributed by atoms with Gasteiger partial charge in [-0.2, -0.15) is 4.31 Å². The Hall–Kier alpha value is -1.90. The highest BCUT2D eigenvalue weighted by molar-refractivity contribution is 7.91. The first-order chi connectivity index (χ1) is 14.9. The standard InChI is InChI=1S/C23H32N2O4S2/c1-3-4-15-29-21-9-7-19(8-10-21)17-24-23(26)18(2)20-11-13-25(14-12-20)31(27,28)22-6-5-16-30-22/h5-10,16,18,20H,3-4,11-15,17H2,1-2H3,(H,24,26)/t18-/m0/s1. The number of carbonyl (C=O) groups is 1. The molecule has 170 valence electrons. The monoisotopic (exact) mass is 464 g/mol. The number of benzene rings is 1. The second-order valence-corrected chi connectivity index (χ2v) is 11.1. The molecule has 6 nitrogen and oxygen atoms in total. The molecule has 31 heavy (non-hydrogen) atoms. The maximum absolute atomic E-state index is 12.7. The van der Waals surface area contributed by atoms with E-state index >= 15 is 0 Å². The number of ether oxygens (including phenoxy) is 1. The molecule has 2 heterocycles. The SMILES string of the molecule is CCCCOc1ccc(CNC(=O)[C@@H](C)C2CCN(S(=O)(=O)c3cccs3)CC2)cc1. The van der Waals surface area contributed by atoms with Crippen molar-refractivity contribution in [3.63, 3.8) is 0 Å². The number of sulfonamides is 1. The van der Waals surface area contributed by atoms with Crippen LogP contribution in [-0.4, -0.2) is 38.3 Å². The lowest BCUT2D eigenvalue weighted by Gasteiger charge is -2.33. The maximum Gasteiger partial charge on any atom is 0.252 e. The molecule has 1 aromatic carbocycles. The Morgan fingerprint density at radius 1 is 1.23 bits per heavy atom. The van der Waals surface area contributed by atoms with E-state index in [2.05, 4.69) is 12.2 Å². The van der Waals surface area contributed by atoms with Gasteiger partial charge in [0.25, 0.3) is 10.0 Å². The molecule has 1 saturated heterocycles. The Morgan fingerprint density at radius 2 is 1.94 bits per heavy atom. The third-order valence-corrected chi connectivity index (χ3v) is 9.14. The second-order valence-electron chi connectivity index (χ2n) is 8.03. The van der Waals surface area contributed by atoms with Gasteiger partial charge in [0.15, 0.2) is 0 Å². The molecule has 0 aliphatic carbocycles. The number of nitrogens with zero attached hydrogens (tertiary/aromatic N) is 1. The fourth-order valence-electron chi connectivity index (χ4n) is 3.76. The van der Waals surface area contributed by atoms with Gasteiger partial charge in [-0.1, -0.05) is 38.5 Å². The summed E-state index contributed by atoms with van der Waals surface area (Å²) < 4.78 is 32.9. The van der Waals surface area contributed by atoms with Crippen molar-refractivity contribution in [3.05, 3.63) is 47.3 Å². The first kappa shape index (κ1) is 23.8. The number of thiophene rings is 1. The van der Waals surface area contributed by atoms with Crippen LogP contribution in [0.2, 0.25) is 0 Å². The van der Waals surface area contributed by atoms with Crippen molar-refractivity contribution >= 4 is 27.3 Å². The molecule has 0 bridgehead atoms. The number of nitrogens with one attached hydrogen (secondary N) is 1. The molecular weight excluding hydrogens is 432 g/mol. The Balaban J connectivity index is 1.44. The summed E-state index contributed by atoms with van der Waals surface area (Å²) in [5.74, 6) is 0.899. The average Bonchev–Trinajstić information content (AvgIpc) is 3.34. The number of amides is 1. The molecule has 0 spiro atoms. The molecule has 0 radical (unpaired) electrons. The van der Waals surface area contributed by atoms with Gasteiger partial charge in [-0.3, -0.25) is 4.79 Å². The summed E-state index contributed by atoms with van der Waals surface area (Å²) in [6.07, 6.45) is 3.53. The Kier molecular flexibility index (Phi) is 8.51. The zero-order chi connectivity index (χ0) is 22.3. The van der Waals surface area contributed by atoms with E-state index in [9.17, 15) is 13.2 Å². The van der Waals surface area contributed by atoms with Gasteiger partial charge in [0.1, 0.15) is 9.96 Å². The van der Waals surface area contributed by atoms with Crippen LogP contribution in [0.25, 0.3) is 0 Å². The van der Waals surface area contributed by atoms with Gasteiger partial charge in [0, 0.05) is 25.6 Å². The van der Waals surface area contributed by atoms with E-state index in [0.29, 0.717) is 36.7 Å². The molecule has 1 atom stereocenters. The zero-order valence-corrected chi connectivity index (χ0v) is 19.9. The molecule has 1 aromatic heterocycles. The second kappa shape index (κ2) is 11.1. The maximum atomic E-state index is 12.7. The molecule has 1 fully saturated rings. The summed E-state index contributed by atoms with van der Waals surface area (Å²) >= 11 is 1.24. The van der Waals surface area contributed by atoms with Gasteiger partial charge in [-0.25, -0.2) is 8.42 Å². The predicted molar refractivity (Wildman–Crippen MR) is 124 cm³/mol. The van der Waals surface area contributed by atoms with Crippen LogP contribution in [0, 0.1) is 11.8 Å². The lowest BCUT2D eigenvalue weighted by molar-refractivity contribution is -0.126. The highest BCUT2D eigenvalue weighted by atomic mass is 32.2. The largest absolute Gasteiger partial charge is 0.494 e. The van der Waals surface area contributed by atoms with Gasteiger partial charge in [0.2, 0.25) is 5.91 Å². The molecule has 1 amide bonds. The summed E-state index contributed by atoms with van der Waals surface area (Å²) in [5.41, 5.74) is 1.03.